The van der Waals surface area contributed by atoms with E-state index in [9.17, 15) is 9.59 Å². The number of hydrogen-bond acceptors (Lipinski definition) is 6. The molecule has 0 aliphatic carbocycles. The van der Waals surface area contributed by atoms with E-state index < -0.39 is 0 Å². The summed E-state index contributed by atoms with van der Waals surface area (Å²) in [5.41, 5.74) is 2.33. The van der Waals surface area contributed by atoms with Crippen molar-refractivity contribution in [1.82, 2.24) is 30.0 Å². The Morgan fingerprint density at radius 1 is 1.14 bits per heavy atom. The average Bonchev–Trinajstić information content (AvgIpc) is 3.30. The minimum Gasteiger partial charge on any atom is -0.338 e. The number of aromatic nitrogens is 5. The highest BCUT2D eigenvalue weighted by Gasteiger charge is 2.31. The van der Waals surface area contributed by atoms with Crippen LogP contribution < -0.4 is 10.9 Å². The normalized spacial score (nSPS) is 16.2. The molecule has 0 unspecified atom stereocenters. The summed E-state index contributed by atoms with van der Waals surface area (Å²) >= 11 is 0. The number of hydrogen-bond donors (Lipinski definition) is 3. The molecule has 1 fully saturated rings. The van der Waals surface area contributed by atoms with Crippen LogP contribution in [0.3, 0.4) is 0 Å². The van der Waals surface area contributed by atoms with Crippen LogP contribution >= 0.6 is 0 Å². The highest BCUT2D eigenvalue weighted by molar-refractivity contribution is 5.94. The number of aromatic amines is 2. The van der Waals surface area contributed by atoms with Gasteiger partial charge in [0, 0.05) is 48.2 Å². The highest BCUT2D eigenvalue weighted by Crippen LogP contribution is 2.27. The Bertz CT molecular complexity index is 1120. The summed E-state index contributed by atoms with van der Waals surface area (Å²) in [5.74, 6) is 1.80. The minimum absolute atomic E-state index is 0.0184. The van der Waals surface area contributed by atoms with Gasteiger partial charge in [-0.3, -0.25) is 14.7 Å². The Morgan fingerprint density at radius 3 is 2.69 bits per heavy atom. The molecule has 29 heavy (non-hydrogen) atoms. The smallest absolute Gasteiger partial charge is 0.260 e. The first kappa shape index (κ1) is 18.9. The van der Waals surface area contributed by atoms with Gasteiger partial charge in [0.2, 0.25) is 0 Å². The second-order valence-corrected chi connectivity index (χ2v) is 7.43. The molecule has 150 valence electrons. The van der Waals surface area contributed by atoms with Gasteiger partial charge in [0.05, 0.1) is 0 Å². The molecule has 9 heteroatoms. The number of nitrogens with zero attached hydrogens (tertiary/aromatic N) is 4. The van der Waals surface area contributed by atoms with E-state index in [2.05, 4.69) is 30.5 Å². The number of rotatable bonds is 4. The van der Waals surface area contributed by atoms with E-state index in [0.717, 1.165) is 23.5 Å². The van der Waals surface area contributed by atoms with E-state index in [1.54, 1.807) is 24.0 Å². The van der Waals surface area contributed by atoms with Crippen LogP contribution in [0.4, 0.5) is 11.6 Å². The molecule has 0 saturated carbocycles. The molecule has 1 aliphatic rings. The maximum Gasteiger partial charge on any atom is 0.260 e. The SMILES string of the molecule is Cc1cc(Nc2cc(C)[nH]n2)nc([C@H]2CCN(C(=O)c3ccc(C)[nH]c3=O)C2)n1. The molecule has 3 aromatic heterocycles. The quantitative estimate of drug-likeness (QED) is 0.625. The maximum atomic E-state index is 12.8. The predicted molar refractivity (Wildman–Crippen MR) is 108 cm³/mol. The van der Waals surface area contributed by atoms with Crippen molar-refractivity contribution in [1.29, 1.82) is 0 Å². The lowest BCUT2D eigenvalue weighted by atomic mass is 10.1. The maximum absolute atomic E-state index is 12.8. The molecule has 0 bridgehead atoms. The van der Waals surface area contributed by atoms with Gasteiger partial charge in [-0.1, -0.05) is 0 Å². The topological polar surface area (TPSA) is 120 Å². The molecular formula is C20H23N7O2. The van der Waals surface area contributed by atoms with Gasteiger partial charge in [0.1, 0.15) is 17.2 Å². The van der Waals surface area contributed by atoms with Crippen LogP contribution in [-0.4, -0.2) is 49.0 Å². The Hall–Kier alpha value is -3.49. The third kappa shape index (κ3) is 4.03. The highest BCUT2D eigenvalue weighted by atomic mass is 16.2. The summed E-state index contributed by atoms with van der Waals surface area (Å²) in [6, 6.07) is 7.07. The third-order valence-electron chi connectivity index (χ3n) is 4.96. The summed E-state index contributed by atoms with van der Waals surface area (Å²) in [7, 11) is 0. The number of nitrogens with one attached hydrogen (secondary N) is 3. The van der Waals surface area contributed by atoms with E-state index in [-0.39, 0.29) is 22.9 Å². The monoisotopic (exact) mass is 393 g/mol. The second kappa shape index (κ2) is 7.50. The van der Waals surface area contributed by atoms with Crippen molar-refractivity contribution in [2.75, 3.05) is 18.4 Å². The Kier molecular flexibility index (Phi) is 4.87. The first-order valence-corrected chi connectivity index (χ1v) is 9.53. The number of pyridine rings is 1. The molecular weight excluding hydrogens is 370 g/mol. The zero-order chi connectivity index (χ0) is 20.5. The van der Waals surface area contributed by atoms with Crippen molar-refractivity contribution < 1.29 is 4.79 Å². The molecule has 0 radical (unpaired) electrons. The number of H-pyrrole nitrogens is 2. The van der Waals surface area contributed by atoms with Crippen LogP contribution in [0.1, 0.15) is 45.6 Å². The van der Waals surface area contributed by atoms with E-state index in [1.807, 2.05) is 26.0 Å². The molecule has 4 rings (SSSR count). The number of carbonyl (C=O) groups is 1. The largest absolute Gasteiger partial charge is 0.338 e. The number of anilines is 2. The fraction of sp³-hybridized carbons (Fsp3) is 0.350. The van der Waals surface area contributed by atoms with Crippen LogP contribution in [0.15, 0.2) is 29.1 Å². The van der Waals surface area contributed by atoms with E-state index in [4.69, 9.17) is 0 Å². The molecule has 3 N–H and O–H groups in total. The van der Waals surface area contributed by atoms with Gasteiger partial charge in [0.15, 0.2) is 5.82 Å². The lowest BCUT2D eigenvalue weighted by molar-refractivity contribution is 0.0788. The zero-order valence-corrected chi connectivity index (χ0v) is 16.6. The Morgan fingerprint density at radius 2 is 1.97 bits per heavy atom. The first-order chi connectivity index (χ1) is 13.9. The third-order valence-corrected chi connectivity index (χ3v) is 4.96. The second-order valence-electron chi connectivity index (χ2n) is 7.43. The zero-order valence-electron chi connectivity index (χ0n) is 16.6. The van der Waals surface area contributed by atoms with Crippen LogP contribution in [0.25, 0.3) is 0 Å². The standard InChI is InChI=1S/C20H23N7O2/c1-11-4-5-15(19(28)22-11)20(29)27-7-6-14(10-27)18-21-12(2)8-16(24-18)23-17-9-13(3)25-26-17/h4-5,8-9,14H,6-7,10H2,1-3H3,(H,22,28)(H2,21,23,24,25,26)/t14-/m0/s1. The molecule has 1 atom stereocenters. The van der Waals surface area contributed by atoms with E-state index in [1.165, 1.54) is 0 Å². The van der Waals surface area contributed by atoms with Gasteiger partial charge >= 0.3 is 0 Å². The van der Waals surface area contributed by atoms with Crippen molar-refractivity contribution in [3.8, 4) is 0 Å². The molecule has 0 aromatic carbocycles. The van der Waals surface area contributed by atoms with Crippen molar-refractivity contribution in [2.24, 2.45) is 0 Å². The van der Waals surface area contributed by atoms with Crippen LogP contribution in [0.5, 0.6) is 0 Å². The summed E-state index contributed by atoms with van der Waals surface area (Å²) in [6.07, 6.45) is 0.750. The van der Waals surface area contributed by atoms with Crippen molar-refractivity contribution in [3.05, 3.63) is 63.1 Å². The molecule has 0 spiro atoms. The molecule has 1 amide bonds. The summed E-state index contributed by atoms with van der Waals surface area (Å²) in [6.45, 7) is 6.67. The fourth-order valence-electron chi connectivity index (χ4n) is 3.52. The summed E-state index contributed by atoms with van der Waals surface area (Å²) in [4.78, 5) is 38.5. The average molecular weight is 393 g/mol. The molecule has 4 heterocycles. The molecule has 9 nitrogen and oxygen atoms in total. The summed E-state index contributed by atoms with van der Waals surface area (Å²) in [5, 5.41) is 10.2. The van der Waals surface area contributed by atoms with Gasteiger partial charge in [-0.05, 0) is 39.3 Å². The molecule has 3 aromatic rings. The summed E-state index contributed by atoms with van der Waals surface area (Å²) < 4.78 is 0. The Labute approximate surface area is 167 Å². The van der Waals surface area contributed by atoms with Gasteiger partial charge in [0.25, 0.3) is 11.5 Å². The van der Waals surface area contributed by atoms with E-state index in [0.29, 0.717) is 30.5 Å². The number of carbonyl (C=O) groups excluding carboxylic acids is 1. The lowest BCUT2D eigenvalue weighted by Crippen LogP contribution is -2.33. The number of aryl methyl sites for hydroxylation is 3. The van der Waals surface area contributed by atoms with Crippen molar-refractivity contribution in [3.63, 3.8) is 0 Å². The first-order valence-electron chi connectivity index (χ1n) is 9.53. The van der Waals surface area contributed by atoms with Crippen molar-refractivity contribution >= 4 is 17.5 Å². The van der Waals surface area contributed by atoms with Crippen LogP contribution in [0, 0.1) is 20.8 Å². The van der Waals surface area contributed by atoms with Crippen LogP contribution in [0.2, 0.25) is 0 Å². The van der Waals surface area contributed by atoms with Gasteiger partial charge in [-0.25, -0.2) is 9.97 Å². The minimum atomic E-state index is -0.356. The number of likely N-dealkylation sites (tertiary alicyclic amines) is 1. The van der Waals surface area contributed by atoms with Gasteiger partial charge < -0.3 is 15.2 Å². The Balaban J connectivity index is 1.51. The molecule has 1 saturated heterocycles. The lowest BCUT2D eigenvalue weighted by Gasteiger charge is -2.16. The number of amides is 1. The molecule has 1 aliphatic heterocycles. The van der Waals surface area contributed by atoms with Crippen LogP contribution in [-0.2, 0) is 0 Å². The van der Waals surface area contributed by atoms with Gasteiger partial charge in [-0.2, -0.15) is 5.10 Å². The van der Waals surface area contributed by atoms with Crippen molar-refractivity contribution in [2.45, 2.75) is 33.1 Å². The fourth-order valence-corrected chi connectivity index (χ4v) is 3.52. The van der Waals surface area contributed by atoms with E-state index >= 15 is 0 Å². The van der Waals surface area contributed by atoms with Gasteiger partial charge in [-0.15, -0.1) is 0 Å². The predicted octanol–water partition coefficient (Wildman–Crippen LogP) is 2.19.